The number of nitrogens with one attached hydrogen (secondary N) is 1. The molecule has 2 aliphatic heterocycles. The SMILES string of the molecule is C[C@@H]1CN(C(=O)[C@@H]2CNC[C@H]2c2ccc(F)cc2F)C[C@H](C)[C@@]1(O)c1ccc(F)cc1. The van der Waals surface area contributed by atoms with Gasteiger partial charge in [-0.1, -0.05) is 32.0 Å². The summed E-state index contributed by atoms with van der Waals surface area (Å²) in [6.07, 6.45) is 0. The zero-order valence-corrected chi connectivity index (χ0v) is 17.6. The van der Waals surface area contributed by atoms with Gasteiger partial charge in [-0.2, -0.15) is 0 Å². The van der Waals surface area contributed by atoms with Crippen molar-refractivity contribution in [1.82, 2.24) is 10.2 Å². The van der Waals surface area contributed by atoms with Crippen molar-refractivity contribution in [1.29, 1.82) is 0 Å². The third-order valence-electron chi connectivity index (χ3n) is 7.00. The molecule has 2 fully saturated rings. The fraction of sp³-hybridized carbons (Fsp3) is 0.458. The average Bonchev–Trinajstić information content (AvgIpc) is 3.21. The minimum absolute atomic E-state index is 0.0985. The molecule has 0 radical (unpaired) electrons. The van der Waals surface area contributed by atoms with Gasteiger partial charge < -0.3 is 15.3 Å². The summed E-state index contributed by atoms with van der Waals surface area (Å²) in [5, 5.41) is 14.6. The van der Waals surface area contributed by atoms with E-state index >= 15 is 0 Å². The molecule has 2 aliphatic rings. The number of carbonyl (C=O) groups is 1. The highest BCUT2D eigenvalue weighted by Crippen LogP contribution is 2.42. The molecule has 0 aliphatic carbocycles. The number of aliphatic hydroxyl groups is 1. The minimum atomic E-state index is -1.18. The van der Waals surface area contributed by atoms with Crippen molar-refractivity contribution in [3.63, 3.8) is 0 Å². The standard InChI is InChI=1S/C24H27F3N2O2/c1-14-12-29(13-15(2)24(14,31)16-3-5-17(25)6-4-16)23(30)21-11-28-10-20(21)19-8-7-18(26)9-22(19)27/h3-9,14-15,20-21,28,31H,10-13H2,1-2H3/t14-,15+,20-,21+,24-/m0/s1. The topological polar surface area (TPSA) is 52.6 Å². The Hall–Kier alpha value is -2.38. The number of nitrogens with zero attached hydrogens (tertiary/aromatic N) is 1. The zero-order chi connectivity index (χ0) is 22.3. The Morgan fingerprint density at radius 1 is 1.00 bits per heavy atom. The van der Waals surface area contributed by atoms with Crippen molar-refractivity contribution in [3.8, 4) is 0 Å². The van der Waals surface area contributed by atoms with E-state index in [0.717, 1.165) is 6.07 Å². The number of halogens is 3. The van der Waals surface area contributed by atoms with E-state index in [-0.39, 0.29) is 29.5 Å². The summed E-state index contributed by atoms with van der Waals surface area (Å²) in [4.78, 5) is 15.1. The molecule has 7 heteroatoms. The van der Waals surface area contributed by atoms with Crippen LogP contribution in [0, 0.1) is 35.2 Å². The van der Waals surface area contributed by atoms with E-state index in [1.54, 1.807) is 17.0 Å². The van der Waals surface area contributed by atoms with Gasteiger partial charge in [-0.15, -0.1) is 0 Å². The van der Waals surface area contributed by atoms with Crippen molar-refractivity contribution in [2.45, 2.75) is 25.4 Å². The summed E-state index contributed by atoms with van der Waals surface area (Å²) in [7, 11) is 0. The van der Waals surface area contributed by atoms with E-state index in [2.05, 4.69) is 5.32 Å². The van der Waals surface area contributed by atoms with Gasteiger partial charge >= 0.3 is 0 Å². The lowest BCUT2D eigenvalue weighted by molar-refractivity contribution is -0.152. The monoisotopic (exact) mass is 432 g/mol. The molecule has 0 bridgehead atoms. The second kappa shape index (κ2) is 8.28. The van der Waals surface area contributed by atoms with E-state index in [0.29, 0.717) is 37.3 Å². The van der Waals surface area contributed by atoms with Gasteiger partial charge in [0.1, 0.15) is 17.5 Å². The summed E-state index contributed by atoms with van der Waals surface area (Å²) in [6, 6.07) is 9.32. The number of hydrogen-bond donors (Lipinski definition) is 2. The number of benzene rings is 2. The molecule has 4 nitrogen and oxygen atoms in total. The third-order valence-corrected chi connectivity index (χ3v) is 7.00. The Kier molecular flexibility index (Phi) is 5.83. The summed E-state index contributed by atoms with van der Waals surface area (Å²) in [5.41, 5.74) is -0.207. The van der Waals surface area contributed by atoms with E-state index in [4.69, 9.17) is 0 Å². The van der Waals surface area contributed by atoms with Crippen LogP contribution in [0.2, 0.25) is 0 Å². The minimum Gasteiger partial charge on any atom is -0.384 e. The summed E-state index contributed by atoms with van der Waals surface area (Å²) < 4.78 is 41.1. The van der Waals surface area contributed by atoms with Crippen LogP contribution in [-0.4, -0.2) is 42.1 Å². The number of piperidine rings is 1. The maximum Gasteiger partial charge on any atom is 0.227 e. The Labute approximate surface area is 180 Å². The van der Waals surface area contributed by atoms with Crippen LogP contribution in [0.3, 0.4) is 0 Å². The van der Waals surface area contributed by atoms with E-state index < -0.39 is 23.2 Å². The van der Waals surface area contributed by atoms with Crippen molar-refractivity contribution >= 4 is 5.91 Å². The number of rotatable bonds is 3. The van der Waals surface area contributed by atoms with Crippen LogP contribution in [0.1, 0.15) is 30.9 Å². The predicted molar refractivity (Wildman–Crippen MR) is 111 cm³/mol. The van der Waals surface area contributed by atoms with Gasteiger partial charge in [0.15, 0.2) is 0 Å². The van der Waals surface area contributed by atoms with Crippen LogP contribution in [0.4, 0.5) is 13.2 Å². The van der Waals surface area contributed by atoms with Crippen LogP contribution in [0.5, 0.6) is 0 Å². The summed E-state index contributed by atoms with van der Waals surface area (Å²) >= 11 is 0. The van der Waals surface area contributed by atoms with Gasteiger partial charge in [-0.25, -0.2) is 13.2 Å². The van der Waals surface area contributed by atoms with E-state index in [1.807, 2.05) is 13.8 Å². The van der Waals surface area contributed by atoms with Crippen molar-refractivity contribution in [2.75, 3.05) is 26.2 Å². The first-order valence-electron chi connectivity index (χ1n) is 10.6. The van der Waals surface area contributed by atoms with Crippen molar-refractivity contribution in [3.05, 3.63) is 71.0 Å². The van der Waals surface area contributed by atoms with Crippen LogP contribution in [0.25, 0.3) is 0 Å². The summed E-state index contributed by atoms with van der Waals surface area (Å²) in [5.74, 6) is -3.15. The van der Waals surface area contributed by atoms with Crippen LogP contribution in [-0.2, 0) is 10.4 Å². The van der Waals surface area contributed by atoms with Gasteiger partial charge in [0, 0.05) is 50.0 Å². The zero-order valence-electron chi connectivity index (χ0n) is 17.6. The predicted octanol–water partition coefficient (Wildman–Crippen LogP) is 3.41. The second-order valence-electron chi connectivity index (χ2n) is 8.91. The fourth-order valence-corrected chi connectivity index (χ4v) is 5.27. The molecule has 1 amide bonds. The average molecular weight is 432 g/mol. The van der Waals surface area contributed by atoms with Crippen LogP contribution < -0.4 is 5.32 Å². The smallest absolute Gasteiger partial charge is 0.227 e. The highest BCUT2D eigenvalue weighted by Gasteiger charge is 2.48. The maximum absolute atomic E-state index is 14.4. The van der Waals surface area contributed by atoms with Crippen LogP contribution in [0.15, 0.2) is 42.5 Å². The Morgan fingerprint density at radius 2 is 1.61 bits per heavy atom. The maximum atomic E-state index is 14.4. The highest BCUT2D eigenvalue weighted by atomic mass is 19.1. The van der Waals surface area contributed by atoms with Gasteiger partial charge in [0.25, 0.3) is 0 Å². The molecule has 0 unspecified atom stereocenters. The number of likely N-dealkylation sites (tertiary alicyclic amines) is 1. The molecule has 2 N–H and O–H groups in total. The number of amides is 1. The quantitative estimate of drug-likeness (QED) is 0.782. The molecule has 2 aromatic rings. The van der Waals surface area contributed by atoms with E-state index in [1.165, 1.54) is 24.3 Å². The summed E-state index contributed by atoms with van der Waals surface area (Å²) in [6.45, 7) is 5.30. The van der Waals surface area contributed by atoms with E-state index in [9.17, 15) is 23.1 Å². The molecule has 0 spiro atoms. The molecular formula is C24H27F3N2O2. The van der Waals surface area contributed by atoms with Gasteiger partial charge in [0.2, 0.25) is 5.91 Å². The Bertz CT molecular complexity index is 954. The molecule has 2 saturated heterocycles. The molecule has 166 valence electrons. The van der Waals surface area contributed by atoms with Crippen molar-refractivity contribution in [2.24, 2.45) is 17.8 Å². The number of hydrogen-bond acceptors (Lipinski definition) is 3. The lowest BCUT2D eigenvalue weighted by atomic mass is 9.70. The lowest BCUT2D eigenvalue weighted by Crippen LogP contribution is -2.57. The van der Waals surface area contributed by atoms with Crippen LogP contribution >= 0.6 is 0 Å². The molecule has 31 heavy (non-hydrogen) atoms. The molecule has 5 atom stereocenters. The third kappa shape index (κ3) is 3.85. The lowest BCUT2D eigenvalue weighted by Gasteiger charge is -2.48. The molecule has 0 aromatic heterocycles. The highest BCUT2D eigenvalue weighted by molar-refractivity contribution is 5.81. The molecule has 0 saturated carbocycles. The fourth-order valence-electron chi connectivity index (χ4n) is 5.27. The second-order valence-corrected chi connectivity index (χ2v) is 8.91. The first-order chi connectivity index (χ1) is 14.7. The molecule has 2 aromatic carbocycles. The molecule has 4 rings (SSSR count). The first-order valence-corrected chi connectivity index (χ1v) is 10.6. The molecular weight excluding hydrogens is 405 g/mol. The van der Waals surface area contributed by atoms with Crippen molar-refractivity contribution < 1.29 is 23.1 Å². The number of carbonyl (C=O) groups excluding carboxylic acids is 1. The first kappa shape index (κ1) is 21.8. The largest absolute Gasteiger partial charge is 0.384 e. The van der Waals surface area contributed by atoms with Gasteiger partial charge in [0.05, 0.1) is 11.5 Å². The van der Waals surface area contributed by atoms with Gasteiger partial charge in [-0.3, -0.25) is 4.79 Å². The molecule has 2 heterocycles. The normalized spacial score (nSPS) is 31.1. The Balaban J connectivity index is 1.54. The van der Waals surface area contributed by atoms with Gasteiger partial charge in [-0.05, 0) is 29.3 Å². The Morgan fingerprint density at radius 3 is 2.23 bits per heavy atom.